The minimum Gasteiger partial charge on any atom is -0.455 e. The van der Waals surface area contributed by atoms with Gasteiger partial charge in [0.15, 0.2) is 24.3 Å². The van der Waals surface area contributed by atoms with Gasteiger partial charge in [0.1, 0.15) is 30.4 Å². The summed E-state index contributed by atoms with van der Waals surface area (Å²) in [6.45, 7) is 5.13. The van der Waals surface area contributed by atoms with Gasteiger partial charge in [-0.15, -0.1) is 0 Å². The van der Waals surface area contributed by atoms with Crippen LogP contribution in [0.2, 0.25) is 0 Å². The van der Waals surface area contributed by atoms with E-state index < -0.39 is 155 Å². The first-order valence-corrected chi connectivity index (χ1v) is 34.8. The number of primary amides is 2. The summed E-state index contributed by atoms with van der Waals surface area (Å²) < 4.78 is 41.2. The van der Waals surface area contributed by atoms with Gasteiger partial charge in [0.2, 0.25) is 29.2 Å². The predicted molar refractivity (Wildman–Crippen MR) is 336 cm³/mol. The fourth-order valence-electron chi connectivity index (χ4n) is 11.5. The molecular weight excluding hydrogens is 1160 g/mol. The Labute approximate surface area is 525 Å². The van der Waals surface area contributed by atoms with Crippen molar-refractivity contribution in [3.8, 4) is 0 Å². The smallest absolute Gasteiger partial charge is 0.317 e. The molecule has 1 aliphatic heterocycles. The number of aliphatic hydroxyl groups is 4. The number of hydrogen-bond acceptors (Lipinski definition) is 19. The van der Waals surface area contributed by atoms with E-state index in [1.807, 2.05) is 0 Å². The van der Waals surface area contributed by atoms with Crippen molar-refractivity contribution in [1.29, 1.82) is 0 Å². The molecule has 1 aliphatic rings. The molecule has 0 aromatic carbocycles. The third kappa shape index (κ3) is 34.7. The number of carbonyl (C=O) groups excluding carboxylic acids is 7. The number of hydrogen-bond donors (Lipinski definition) is 11. The lowest BCUT2D eigenvalue weighted by Gasteiger charge is -2.45. The molecule has 0 aromatic heterocycles. The second-order valence-corrected chi connectivity index (χ2v) is 25.0. The van der Waals surface area contributed by atoms with E-state index in [0.29, 0.717) is 32.2 Å². The van der Waals surface area contributed by atoms with Crippen LogP contribution >= 0.6 is 8.25 Å². The van der Waals surface area contributed by atoms with E-state index in [2.05, 4.69) is 24.5 Å². The van der Waals surface area contributed by atoms with Crippen LogP contribution in [0.5, 0.6) is 0 Å². The molecule has 0 spiro atoms. The van der Waals surface area contributed by atoms with Crippen LogP contribution in [0.15, 0.2) is 0 Å². The molecule has 0 bridgehead atoms. The average Bonchev–Trinajstić information content (AvgIpc) is 3.64. The summed E-state index contributed by atoms with van der Waals surface area (Å²) in [5.41, 5.74) is 20.4. The molecule has 4 amide bonds. The van der Waals surface area contributed by atoms with Crippen LogP contribution in [0.4, 0.5) is 0 Å². The van der Waals surface area contributed by atoms with Crippen molar-refractivity contribution in [2.75, 3.05) is 19.8 Å². The Morgan fingerprint density at radius 1 is 0.659 bits per heavy atom. The summed E-state index contributed by atoms with van der Waals surface area (Å²) in [4.78, 5) is 106. The van der Waals surface area contributed by atoms with Gasteiger partial charge in [-0.3, -0.25) is 42.7 Å². The fraction of sp³-hybridized carbons (Fsp3) is 0.889. The lowest BCUT2D eigenvalue weighted by molar-refractivity contribution is -0.270. The Hall–Kier alpha value is -3.68. The topological polar surface area (TPSA) is 412 Å². The number of ketones is 1. The summed E-state index contributed by atoms with van der Waals surface area (Å²) in [5, 5.41) is 48.9. The van der Waals surface area contributed by atoms with Crippen LogP contribution in [0, 0.1) is 5.92 Å². The highest BCUT2D eigenvalue weighted by molar-refractivity contribution is 7.32. The number of ether oxygens (including phenoxy) is 4. The zero-order valence-corrected chi connectivity index (χ0v) is 55.0. The number of nitrogens with one attached hydrogen (secondary N) is 2. The summed E-state index contributed by atoms with van der Waals surface area (Å²) in [6, 6.07) is -4.14. The van der Waals surface area contributed by atoms with Crippen molar-refractivity contribution in [3.63, 3.8) is 0 Å². The van der Waals surface area contributed by atoms with Crippen LogP contribution in [-0.2, 0) is 61.6 Å². The van der Waals surface area contributed by atoms with Gasteiger partial charge in [-0.1, -0.05) is 200 Å². The first-order valence-electron chi connectivity index (χ1n) is 33.5. The number of amides is 4. The third-order valence-corrected chi connectivity index (χ3v) is 17.0. The maximum absolute atomic E-state index is 15.4. The first kappa shape index (κ1) is 82.3. The van der Waals surface area contributed by atoms with E-state index in [-0.39, 0.29) is 32.1 Å². The van der Waals surface area contributed by atoms with Crippen molar-refractivity contribution in [1.82, 2.24) is 10.6 Å². The maximum atomic E-state index is 15.4. The van der Waals surface area contributed by atoms with E-state index in [1.54, 1.807) is 0 Å². The lowest BCUT2D eigenvalue weighted by atomic mass is 9.82. The summed E-state index contributed by atoms with van der Waals surface area (Å²) in [7, 11) is -3.94. The Morgan fingerprint density at radius 3 is 1.57 bits per heavy atom. The number of esters is 2. The Morgan fingerprint density at radius 2 is 1.14 bits per heavy atom. The molecule has 0 radical (unpaired) electrons. The van der Waals surface area contributed by atoms with E-state index >= 15 is 4.79 Å². The van der Waals surface area contributed by atoms with Crippen molar-refractivity contribution >= 4 is 49.6 Å². The molecule has 0 aromatic rings. The standard InChI is InChI=1S/C63H119N6O18P/c1-5-7-9-11-13-15-17-19-21-23-25-27-29-31-33-38-53(74)86-63(51(73)40-39-49(58(66)76)69-60(78)48(65)37-34-35-41-64,42-45(3)83-57-54(68-46(4)72)62(80)84-50(43-70)55(57)75)52(44-71)85-61(79)47(56(59(67)77)87-88(81)82)36-32-30-28-26-24-22-20-18-16-14-12-10-8-6-2/h45,47-50,52,54-57,62,70-71,75,80,88H,5-44,64-65H2,1-4H3,(H2,66,76)(H2,67,77)(H,68,72)(H,69,78)(H,81,82)/t45?,47?,48-,49+,50+,52-,54+,55+,56?,57+,62-,63?/m0/s1. The molecule has 15 N–H and O–H groups in total. The molecular formula is C63H119N6O18P. The van der Waals surface area contributed by atoms with E-state index in [0.717, 1.165) is 77.6 Å². The minimum absolute atomic E-state index is 0.188. The quantitative estimate of drug-likeness (QED) is 0.0172. The molecule has 25 heteroatoms. The number of unbranched alkanes of at least 4 members (excludes halogenated alkanes) is 28. The Balaban J connectivity index is 3.79. The normalized spacial score (nSPS) is 19.9. The van der Waals surface area contributed by atoms with Crippen molar-refractivity contribution in [3.05, 3.63) is 0 Å². The molecule has 1 saturated heterocycles. The highest BCUT2D eigenvalue weighted by Gasteiger charge is 2.54. The fourth-order valence-corrected chi connectivity index (χ4v) is 12.0. The van der Waals surface area contributed by atoms with Gasteiger partial charge < -0.3 is 77.8 Å². The summed E-state index contributed by atoms with van der Waals surface area (Å²) >= 11 is 0. The maximum Gasteiger partial charge on any atom is 0.317 e. The Kier molecular flexibility index (Phi) is 46.7. The summed E-state index contributed by atoms with van der Waals surface area (Å²) in [6.07, 6.45) is 16.2. The van der Waals surface area contributed by atoms with E-state index in [9.17, 15) is 58.7 Å². The number of rotatable bonds is 57. The molecule has 88 heavy (non-hydrogen) atoms. The first-order chi connectivity index (χ1) is 42.1. The molecule has 0 saturated carbocycles. The van der Waals surface area contributed by atoms with Gasteiger partial charge in [0, 0.05) is 26.2 Å². The van der Waals surface area contributed by atoms with Gasteiger partial charge in [-0.25, -0.2) is 0 Å². The van der Waals surface area contributed by atoms with Gasteiger partial charge in [0.25, 0.3) is 0 Å². The summed E-state index contributed by atoms with van der Waals surface area (Å²) in [5.74, 6) is -8.98. The van der Waals surface area contributed by atoms with Crippen LogP contribution in [0.25, 0.3) is 0 Å². The molecule has 1 heterocycles. The molecule has 0 aliphatic carbocycles. The monoisotopic (exact) mass is 1280 g/mol. The molecule has 1 rings (SSSR count). The predicted octanol–water partition coefficient (Wildman–Crippen LogP) is 6.69. The number of aliphatic hydroxyl groups excluding tert-OH is 4. The lowest BCUT2D eigenvalue weighted by Crippen LogP contribution is -2.65. The van der Waals surface area contributed by atoms with Gasteiger partial charge in [-0.05, 0) is 45.6 Å². The van der Waals surface area contributed by atoms with Crippen molar-refractivity contribution < 1.29 is 86.9 Å². The van der Waals surface area contributed by atoms with Crippen LogP contribution < -0.4 is 33.6 Å². The zero-order chi connectivity index (χ0) is 65.7. The second kappa shape index (κ2) is 49.9. The van der Waals surface area contributed by atoms with Gasteiger partial charge >= 0.3 is 20.2 Å². The van der Waals surface area contributed by atoms with Crippen molar-refractivity contribution in [2.45, 2.75) is 332 Å². The van der Waals surface area contributed by atoms with Gasteiger partial charge in [-0.2, -0.15) is 0 Å². The zero-order valence-electron chi connectivity index (χ0n) is 54.0. The van der Waals surface area contributed by atoms with Gasteiger partial charge in [0.05, 0.1) is 31.3 Å². The van der Waals surface area contributed by atoms with E-state index in [4.69, 9.17) is 46.4 Å². The van der Waals surface area contributed by atoms with Crippen LogP contribution in [0.3, 0.4) is 0 Å². The highest BCUT2D eigenvalue weighted by Crippen LogP contribution is 2.36. The highest BCUT2D eigenvalue weighted by atomic mass is 31.1. The third-order valence-electron chi connectivity index (χ3n) is 16.6. The number of carbonyl (C=O) groups is 7. The largest absolute Gasteiger partial charge is 0.455 e. The average molecular weight is 1280 g/mol. The second-order valence-electron chi connectivity index (χ2n) is 24.3. The number of nitrogens with two attached hydrogens (primary N) is 4. The van der Waals surface area contributed by atoms with E-state index in [1.165, 1.54) is 96.8 Å². The number of Topliss-reactive ketones (excluding diaryl/α,β-unsaturated/α-hetero) is 1. The Bertz CT molecular complexity index is 1960. The van der Waals surface area contributed by atoms with Crippen LogP contribution in [0.1, 0.15) is 265 Å². The van der Waals surface area contributed by atoms with Crippen LogP contribution in [-0.4, -0.2) is 153 Å². The molecule has 13 atom stereocenters. The molecule has 1 fully saturated rings. The molecule has 514 valence electrons. The molecule has 5 unspecified atom stereocenters. The minimum atomic E-state index is -3.94. The molecule has 24 nitrogen and oxygen atoms in total. The SMILES string of the molecule is CCCCCCCCCCCCCCCCCC(=O)OC(CC(C)O[C@H]1[C@H](O)[C@@H](CO)O[C@H](O)[C@@H]1NC(C)=O)(C(=O)CC[C@@H](NC(=O)[C@@H](N)CCCCN)C(N)=O)[C@H](CO)OC(=O)C(CCCCCCCCCCCCCCCC)C(O[PH](=O)O)C(N)=O. The van der Waals surface area contributed by atoms with Crippen molar-refractivity contribution in [2.24, 2.45) is 28.9 Å².